The molecule has 0 spiro atoms. The van der Waals surface area contributed by atoms with Gasteiger partial charge in [-0.3, -0.25) is 4.79 Å². The van der Waals surface area contributed by atoms with E-state index in [1.165, 1.54) is 6.21 Å². The van der Waals surface area contributed by atoms with E-state index in [4.69, 9.17) is 16.3 Å². The van der Waals surface area contributed by atoms with E-state index < -0.39 is 5.97 Å². The normalized spacial score (nSPS) is 10.9. The van der Waals surface area contributed by atoms with E-state index in [0.717, 1.165) is 15.2 Å². The molecule has 0 saturated carbocycles. The molecule has 0 aliphatic heterocycles. The largest absolute Gasteiger partial charge is 0.422 e. The average Bonchev–Trinajstić information content (AvgIpc) is 2.80. The molecule has 0 bridgehead atoms. The first-order chi connectivity index (χ1) is 15.5. The number of fused-ring (bicyclic) bond motifs is 1. The minimum absolute atomic E-state index is 0.323. The van der Waals surface area contributed by atoms with Gasteiger partial charge in [0.1, 0.15) is 5.75 Å². The number of nitrogens with zero attached hydrogens (tertiary/aromatic N) is 1. The molecule has 158 valence electrons. The van der Waals surface area contributed by atoms with Gasteiger partial charge in [-0.05, 0) is 59.3 Å². The molecule has 0 atom stereocenters. The first-order valence-electron chi connectivity index (χ1n) is 9.60. The Balaban J connectivity index is 1.62. The lowest BCUT2D eigenvalue weighted by Crippen LogP contribution is -2.17. The van der Waals surface area contributed by atoms with Crippen LogP contribution in [0.15, 0.2) is 94.5 Å². The van der Waals surface area contributed by atoms with Gasteiger partial charge in [0.2, 0.25) is 0 Å². The van der Waals surface area contributed by atoms with Crippen molar-refractivity contribution in [1.29, 1.82) is 0 Å². The topological polar surface area (TPSA) is 67.8 Å². The molecule has 7 heteroatoms. The number of carbonyl (C=O) groups is 2. The van der Waals surface area contributed by atoms with E-state index in [2.05, 4.69) is 26.5 Å². The van der Waals surface area contributed by atoms with E-state index in [1.54, 1.807) is 48.5 Å². The standard InChI is InChI=1S/C25H16BrClN2O3/c26-19-6-3-5-18(14-19)24(30)29-28-15-22-21-7-2-1-4-16(21)10-13-23(22)32-25(31)17-8-11-20(27)12-9-17/h1-15H,(H,29,30)/b28-15+. The molecule has 5 nitrogen and oxygen atoms in total. The summed E-state index contributed by atoms with van der Waals surface area (Å²) in [7, 11) is 0. The van der Waals surface area contributed by atoms with Crippen molar-refractivity contribution in [2.75, 3.05) is 0 Å². The lowest BCUT2D eigenvalue weighted by molar-refractivity contribution is 0.0734. The maximum Gasteiger partial charge on any atom is 0.343 e. The second-order valence-electron chi connectivity index (χ2n) is 6.80. The number of hydrogen-bond donors (Lipinski definition) is 1. The highest BCUT2D eigenvalue weighted by Crippen LogP contribution is 2.27. The Labute approximate surface area is 197 Å². The van der Waals surface area contributed by atoms with Crippen molar-refractivity contribution in [1.82, 2.24) is 5.43 Å². The highest BCUT2D eigenvalue weighted by Gasteiger charge is 2.14. The Morgan fingerprint density at radius 2 is 1.69 bits per heavy atom. The molecule has 0 unspecified atom stereocenters. The lowest BCUT2D eigenvalue weighted by Gasteiger charge is -2.10. The van der Waals surface area contributed by atoms with Crippen LogP contribution in [-0.2, 0) is 0 Å². The Hall–Kier alpha value is -3.48. The SMILES string of the molecule is O=C(N/N=C/c1c(OC(=O)c2ccc(Cl)cc2)ccc2ccccc12)c1cccc(Br)c1. The molecular formula is C25H16BrClN2O3. The molecule has 0 aliphatic carbocycles. The summed E-state index contributed by atoms with van der Waals surface area (Å²) in [5.41, 5.74) is 3.91. The zero-order valence-electron chi connectivity index (χ0n) is 16.6. The summed E-state index contributed by atoms with van der Waals surface area (Å²) < 4.78 is 6.44. The van der Waals surface area contributed by atoms with Crippen LogP contribution in [0, 0.1) is 0 Å². The van der Waals surface area contributed by atoms with Gasteiger partial charge in [-0.25, -0.2) is 10.2 Å². The summed E-state index contributed by atoms with van der Waals surface area (Å²) in [6, 6.07) is 24.6. The van der Waals surface area contributed by atoms with Crippen LogP contribution >= 0.6 is 27.5 Å². The van der Waals surface area contributed by atoms with Crippen molar-refractivity contribution in [2.24, 2.45) is 5.10 Å². The van der Waals surface area contributed by atoms with Crippen LogP contribution in [0.2, 0.25) is 5.02 Å². The lowest BCUT2D eigenvalue weighted by atomic mass is 10.0. The van der Waals surface area contributed by atoms with E-state index in [9.17, 15) is 9.59 Å². The first-order valence-corrected chi connectivity index (χ1v) is 10.8. The number of hydrogen-bond acceptors (Lipinski definition) is 4. The van der Waals surface area contributed by atoms with Gasteiger partial charge in [-0.2, -0.15) is 5.10 Å². The molecule has 32 heavy (non-hydrogen) atoms. The van der Waals surface area contributed by atoms with Gasteiger partial charge in [-0.1, -0.05) is 63.9 Å². The van der Waals surface area contributed by atoms with Crippen molar-refractivity contribution in [3.8, 4) is 5.75 Å². The highest BCUT2D eigenvalue weighted by molar-refractivity contribution is 9.10. The van der Waals surface area contributed by atoms with Crippen molar-refractivity contribution in [2.45, 2.75) is 0 Å². The van der Waals surface area contributed by atoms with Crippen LogP contribution in [0.1, 0.15) is 26.3 Å². The average molecular weight is 508 g/mol. The van der Waals surface area contributed by atoms with Gasteiger partial charge >= 0.3 is 5.97 Å². The maximum absolute atomic E-state index is 12.6. The molecular weight excluding hydrogens is 492 g/mol. The number of rotatable bonds is 5. The fourth-order valence-corrected chi connectivity index (χ4v) is 3.62. The number of benzene rings is 4. The summed E-state index contributed by atoms with van der Waals surface area (Å²) in [5, 5.41) is 6.40. The summed E-state index contributed by atoms with van der Waals surface area (Å²) >= 11 is 9.24. The van der Waals surface area contributed by atoms with E-state index in [1.807, 2.05) is 36.4 Å². The molecule has 0 saturated heterocycles. The number of carbonyl (C=O) groups excluding carboxylic acids is 2. The molecule has 0 aromatic heterocycles. The molecule has 0 aliphatic rings. The van der Waals surface area contributed by atoms with Crippen LogP contribution in [0.3, 0.4) is 0 Å². The maximum atomic E-state index is 12.6. The molecule has 4 rings (SSSR count). The van der Waals surface area contributed by atoms with Crippen molar-refractivity contribution < 1.29 is 14.3 Å². The number of amides is 1. The first kappa shape index (κ1) is 21.7. The van der Waals surface area contributed by atoms with Crippen LogP contribution in [0.25, 0.3) is 10.8 Å². The number of halogens is 2. The number of nitrogens with one attached hydrogen (secondary N) is 1. The molecule has 0 fully saturated rings. The van der Waals surface area contributed by atoms with Gasteiger partial charge in [0, 0.05) is 20.6 Å². The van der Waals surface area contributed by atoms with Gasteiger partial charge in [0.05, 0.1) is 11.8 Å². The van der Waals surface area contributed by atoms with E-state index in [-0.39, 0.29) is 5.91 Å². The fourth-order valence-electron chi connectivity index (χ4n) is 3.09. The van der Waals surface area contributed by atoms with Crippen LogP contribution in [0.4, 0.5) is 0 Å². The summed E-state index contributed by atoms with van der Waals surface area (Å²) in [6.07, 6.45) is 1.47. The van der Waals surface area contributed by atoms with Crippen molar-refractivity contribution in [3.05, 3.63) is 111 Å². The molecule has 4 aromatic carbocycles. The van der Waals surface area contributed by atoms with Crippen LogP contribution < -0.4 is 10.2 Å². The molecule has 4 aromatic rings. The van der Waals surface area contributed by atoms with Crippen molar-refractivity contribution >= 4 is 56.4 Å². The number of hydrazone groups is 1. The predicted molar refractivity (Wildman–Crippen MR) is 130 cm³/mol. The van der Waals surface area contributed by atoms with Gasteiger partial charge in [0.25, 0.3) is 5.91 Å². The number of ether oxygens (including phenoxy) is 1. The van der Waals surface area contributed by atoms with Crippen LogP contribution in [0.5, 0.6) is 5.75 Å². The second-order valence-corrected chi connectivity index (χ2v) is 8.16. The predicted octanol–water partition coefficient (Wildman–Crippen LogP) is 6.24. The smallest absolute Gasteiger partial charge is 0.343 e. The Morgan fingerprint density at radius 3 is 2.47 bits per heavy atom. The summed E-state index contributed by atoms with van der Waals surface area (Å²) in [4.78, 5) is 25.0. The second kappa shape index (κ2) is 9.77. The zero-order chi connectivity index (χ0) is 22.5. The van der Waals surface area contributed by atoms with E-state index >= 15 is 0 Å². The minimum atomic E-state index is -0.523. The van der Waals surface area contributed by atoms with Gasteiger partial charge < -0.3 is 4.74 Å². The van der Waals surface area contributed by atoms with Gasteiger partial charge in [0.15, 0.2) is 0 Å². The van der Waals surface area contributed by atoms with Gasteiger partial charge in [-0.15, -0.1) is 0 Å². The zero-order valence-corrected chi connectivity index (χ0v) is 18.9. The summed E-state index contributed by atoms with van der Waals surface area (Å²) in [5.74, 6) is -0.559. The number of esters is 1. The Bertz CT molecular complexity index is 1340. The monoisotopic (exact) mass is 506 g/mol. The fraction of sp³-hybridized carbons (Fsp3) is 0. The molecule has 1 N–H and O–H groups in total. The Kier molecular flexibility index (Phi) is 6.63. The van der Waals surface area contributed by atoms with Crippen molar-refractivity contribution in [3.63, 3.8) is 0 Å². The van der Waals surface area contributed by atoms with E-state index in [0.29, 0.717) is 27.5 Å². The molecule has 1 amide bonds. The molecule has 0 radical (unpaired) electrons. The van der Waals surface area contributed by atoms with Crippen LogP contribution in [-0.4, -0.2) is 18.1 Å². The molecule has 0 heterocycles. The third-order valence-corrected chi connectivity index (χ3v) is 5.41. The quantitative estimate of drug-likeness (QED) is 0.150. The Morgan fingerprint density at radius 1 is 0.906 bits per heavy atom. The third-order valence-electron chi connectivity index (χ3n) is 4.66. The minimum Gasteiger partial charge on any atom is -0.422 e. The highest BCUT2D eigenvalue weighted by atomic mass is 79.9. The summed E-state index contributed by atoms with van der Waals surface area (Å²) in [6.45, 7) is 0. The third kappa shape index (κ3) is 5.04.